The van der Waals surface area contributed by atoms with Gasteiger partial charge in [-0.2, -0.15) is 0 Å². The summed E-state index contributed by atoms with van der Waals surface area (Å²) >= 11 is 0. The molecule has 0 saturated carbocycles. The minimum absolute atomic E-state index is 0.278. The molecule has 252 valence electrons. The predicted octanol–water partition coefficient (Wildman–Crippen LogP) is 5.85. The zero-order valence-corrected chi connectivity index (χ0v) is 27.6. The Kier molecular flexibility index (Phi) is 10.2. The summed E-state index contributed by atoms with van der Waals surface area (Å²) in [5.74, 6) is -1.83. The van der Waals surface area contributed by atoms with E-state index in [0.29, 0.717) is 11.1 Å². The summed E-state index contributed by atoms with van der Waals surface area (Å²) in [4.78, 5) is 57.7. The Morgan fingerprint density at radius 3 is 1.34 bits per heavy atom. The van der Waals surface area contributed by atoms with Crippen LogP contribution in [0.4, 0.5) is 0 Å². The third-order valence-electron chi connectivity index (χ3n) is 8.59. The Morgan fingerprint density at radius 2 is 0.960 bits per heavy atom. The van der Waals surface area contributed by atoms with Gasteiger partial charge in [0, 0.05) is 58.2 Å². The minimum Gasteiger partial charge on any atom is -0.467 e. The number of hydrogen-bond acceptors (Lipinski definition) is 6. The lowest BCUT2D eigenvalue weighted by atomic mass is 10.0. The van der Waals surface area contributed by atoms with E-state index in [4.69, 9.17) is 9.47 Å². The van der Waals surface area contributed by atoms with E-state index in [1.807, 2.05) is 73.1 Å². The lowest BCUT2D eigenvalue weighted by molar-refractivity contribution is -0.143. The Balaban J connectivity index is 1.06. The second kappa shape index (κ2) is 15.2. The van der Waals surface area contributed by atoms with Crippen molar-refractivity contribution >= 4 is 57.7 Å². The number of para-hydroxylation sites is 2. The van der Waals surface area contributed by atoms with Gasteiger partial charge in [-0.25, -0.2) is 9.59 Å². The van der Waals surface area contributed by atoms with Crippen LogP contribution in [0.25, 0.3) is 34.0 Å². The minimum atomic E-state index is -0.859. The zero-order valence-electron chi connectivity index (χ0n) is 27.6. The van der Waals surface area contributed by atoms with Crippen molar-refractivity contribution in [2.24, 2.45) is 0 Å². The van der Waals surface area contributed by atoms with E-state index in [0.717, 1.165) is 44.1 Å². The fourth-order valence-corrected chi connectivity index (χ4v) is 5.88. The molecule has 2 amide bonds. The Morgan fingerprint density at radius 1 is 0.580 bits per heavy atom. The maximum absolute atomic E-state index is 13.1. The lowest BCUT2D eigenvalue weighted by Gasteiger charge is -2.16. The van der Waals surface area contributed by atoms with Gasteiger partial charge in [0.25, 0.3) is 11.8 Å². The van der Waals surface area contributed by atoms with E-state index in [9.17, 15) is 19.2 Å². The van der Waals surface area contributed by atoms with Crippen LogP contribution in [0.3, 0.4) is 0 Å². The molecule has 0 radical (unpaired) electrons. The van der Waals surface area contributed by atoms with Gasteiger partial charge < -0.3 is 30.1 Å². The second-order valence-electron chi connectivity index (χ2n) is 11.8. The topological polar surface area (TPSA) is 142 Å². The second-order valence-corrected chi connectivity index (χ2v) is 11.8. The number of rotatable bonds is 12. The number of H-pyrrole nitrogens is 2. The highest BCUT2D eigenvalue weighted by Gasteiger charge is 2.25. The molecule has 2 atom stereocenters. The average molecular weight is 669 g/mol. The van der Waals surface area contributed by atoms with Gasteiger partial charge in [0.1, 0.15) is 12.1 Å². The first-order valence-corrected chi connectivity index (χ1v) is 16.1. The van der Waals surface area contributed by atoms with Crippen LogP contribution in [0, 0.1) is 0 Å². The summed E-state index contributed by atoms with van der Waals surface area (Å²) in [6, 6.07) is 27.8. The van der Waals surface area contributed by atoms with Crippen molar-refractivity contribution in [3.05, 3.63) is 143 Å². The van der Waals surface area contributed by atoms with Crippen LogP contribution in [0.15, 0.2) is 109 Å². The van der Waals surface area contributed by atoms with Crippen LogP contribution in [0.2, 0.25) is 0 Å². The fraction of sp³-hybridized carbons (Fsp3) is 0.150. The number of methoxy groups -OCH3 is 2. The number of carbonyl (C=O) groups excluding carboxylic acids is 4. The van der Waals surface area contributed by atoms with Crippen molar-refractivity contribution in [2.75, 3.05) is 14.2 Å². The van der Waals surface area contributed by atoms with Gasteiger partial charge in [-0.15, -0.1) is 0 Å². The summed E-state index contributed by atoms with van der Waals surface area (Å²) < 4.78 is 9.94. The largest absolute Gasteiger partial charge is 0.467 e. The number of nitrogens with one attached hydrogen (secondary N) is 4. The molecule has 10 nitrogen and oxygen atoms in total. The zero-order chi connectivity index (χ0) is 35.0. The number of carbonyl (C=O) groups is 4. The maximum Gasteiger partial charge on any atom is 0.328 e. The highest BCUT2D eigenvalue weighted by atomic mass is 16.5. The molecule has 0 spiro atoms. The monoisotopic (exact) mass is 668 g/mol. The van der Waals surface area contributed by atoms with Crippen LogP contribution in [0.5, 0.6) is 0 Å². The first kappa shape index (κ1) is 33.5. The van der Waals surface area contributed by atoms with Crippen molar-refractivity contribution in [1.29, 1.82) is 0 Å². The molecular formula is C40H36N4O6. The SMILES string of the molecule is COC(=O)[C@H](Cc1c[nH]c2ccccc12)NC(=O)c1ccc(/C=C/c2ccc(C(=O)N[C@@H](Cc3c[nH]c4ccccc34)C(=O)OC)cc2)cc1. The van der Waals surface area contributed by atoms with Gasteiger partial charge in [0.15, 0.2) is 0 Å². The van der Waals surface area contributed by atoms with Gasteiger partial charge in [-0.1, -0.05) is 72.8 Å². The van der Waals surface area contributed by atoms with E-state index >= 15 is 0 Å². The van der Waals surface area contributed by atoms with Crippen molar-refractivity contribution < 1.29 is 28.7 Å². The number of benzene rings is 4. The third-order valence-corrected chi connectivity index (χ3v) is 8.59. The van der Waals surface area contributed by atoms with E-state index in [2.05, 4.69) is 20.6 Å². The number of aromatic amines is 2. The van der Waals surface area contributed by atoms with E-state index < -0.39 is 24.0 Å². The summed E-state index contributed by atoms with van der Waals surface area (Å²) in [5.41, 5.74) is 6.21. The number of hydrogen-bond donors (Lipinski definition) is 4. The quantitative estimate of drug-likeness (QED) is 0.0953. The van der Waals surface area contributed by atoms with E-state index in [1.54, 1.807) is 48.5 Å². The van der Waals surface area contributed by atoms with E-state index in [-0.39, 0.29) is 24.7 Å². The van der Waals surface area contributed by atoms with Gasteiger partial charge in [0.2, 0.25) is 0 Å². The number of amides is 2. The highest BCUT2D eigenvalue weighted by Crippen LogP contribution is 2.21. The van der Waals surface area contributed by atoms with Crippen LogP contribution in [-0.2, 0) is 31.9 Å². The van der Waals surface area contributed by atoms with Gasteiger partial charge in [-0.3, -0.25) is 9.59 Å². The van der Waals surface area contributed by atoms with Crippen LogP contribution in [-0.4, -0.2) is 60.0 Å². The van der Waals surface area contributed by atoms with Crippen LogP contribution in [0.1, 0.15) is 43.0 Å². The summed E-state index contributed by atoms with van der Waals surface area (Å²) in [7, 11) is 2.60. The molecular weight excluding hydrogens is 632 g/mol. The lowest BCUT2D eigenvalue weighted by Crippen LogP contribution is -2.43. The molecule has 0 aliphatic rings. The molecule has 4 aromatic carbocycles. The van der Waals surface area contributed by atoms with Crippen molar-refractivity contribution in [3.8, 4) is 0 Å². The standard InChI is InChI=1S/C40H36N4O6/c1-49-39(47)35(21-29-23-41-33-9-5-3-7-31(29)33)43-37(45)27-17-13-25(14-18-27)11-12-26-15-19-28(20-16-26)38(46)44-36(40(48)50-2)22-30-24-42-34-10-6-4-8-32(30)34/h3-20,23-24,35-36,41-42H,21-22H2,1-2H3,(H,43,45)(H,44,46)/b12-11+/t35-,36-/m0/s1. The molecule has 0 unspecified atom stereocenters. The number of esters is 2. The molecule has 0 saturated heterocycles. The molecule has 0 bridgehead atoms. The molecule has 50 heavy (non-hydrogen) atoms. The van der Waals surface area contributed by atoms with Gasteiger partial charge >= 0.3 is 11.9 Å². The molecule has 6 rings (SSSR count). The highest BCUT2D eigenvalue weighted by molar-refractivity contribution is 5.98. The van der Waals surface area contributed by atoms with E-state index in [1.165, 1.54) is 14.2 Å². The molecule has 2 aromatic heterocycles. The number of ether oxygens (including phenoxy) is 2. The maximum atomic E-state index is 13.1. The first-order chi connectivity index (χ1) is 24.3. The average Bonchev–Trinajstić information content (AvgIpc) is 3.77. The molecule has 0 aliphatic heterocycles. The van der Waals surface area contributed by atoms with Crippen molar-refractivity contribution in [2.45, 2.75) is 24.9 Å². The van der Waals surface area contributed by atoms with Crippen LogP contribution >= 0.6 is 0 Å². The predicted molar refractivity (Wildman–Crippen MR) is 192 cm³/mol. The van der Waals surface area contributed by atoms with Crippen LogP contribution < -0.4 is 10.6 Å². The summed E-state index contributed by atoms with van der Waals surface area (Å²) in [6.45, 7) is 0. The van der Waals surface area contributed by atoms with Gasteiger partial charge in [-0.05, 0) is 58.7 Å². The Hall–Kier alpha value is -6.42. The summed E-state index contributed by atoms with van der Waals surface area (Å²) in [6.07, 6.45) is 8.01. The van der Waals surface area contributed by atoms with Crippen molar-refractivity contribution in [3.63, 3.8) is 0 Å². The summed E-state index contributed by atoms with van der Waals surface area (Å²) in [5, 5.41) is 7.59. The smallest absolute Gasteiger partial charge is 0.328 e. The molecule has 10 heteroatoms. The molecule has 0 aliphatic carbocycles. The van der Waals surface area contributed by atoms with Gasteiger partial charge in [0.05, 0.1) is 14.2 Å². The third kappa shape index (κ3) is 7.65. The molecule has 0 fully saturated rings. The number of fused-ring (bicyclic) bond motifs is 2. The van der Waals surface area contributed by atoms with Crippen molar-refractivity contribution in [1.82, 2.24) is 20.6 Å². The number of aromatic nitrogens is 2. The molecule has 4 N–H and O–H groups in total. The molecule has 2 heterocycles. The molecule has 6 aromatic rings. The Labute approximate surface area is 288 Å². The first-order valence-electron chi connectivity index (χ1n) is 16.1. The normalized spacial score (nSPS) is 12.4. The fourth-order valence-electron chi connectivity index (χ4n) is 5.88. The Bertz CT molecular complexity index is 2020.